The molecule has 1 aromatic rings. The summed E-state index contributed by atoms with van der Waals surface area (Å²) in [6.07, 6.45) is 8.49. The first-order chi connectivity index (χ1) is 6.95. The van der Waals surface area contributed by atoms with Gasteiger partial charge in [0.25, 0.3) is 0 Å². The second-order valence-electron chi connectivity index (χ2n) is 3.66. The lowest BCUT2D eigenvalue weighted by Gasteiger charge is -2.23. The van der Waals surface area contributed by atoms with Crippen molar-refractivity contribution in [3.63, 3.8) is 0 Å². The summed E-state index contributed by atoms with van der Waals surface area (Å²) in [6, 6.07) is 8.57. The average Bonchev–Trinajstić information content (AvgIpc) is 2.29. The third-order valence-corrected chi connectivity index (χ3v) is 2.82. The molecule has 1 heteroatoms. The molecule has 2 aliphatic rings. The van der Waals surface area contributed by atoms with Crippen LogP contribution in [0.3, 0.4) is 0 Å². The van der Waals surface area contributed by atoms with Crippen molar-refractivity contribution in [2.24, 2.45) is 4.99 Å². The summed E-state index contributed by atoms with van der Waals surface area (Å²) in [7, 11) is 0. The molecule has 1 unspecified atom stereocenters. The van der Waals surface area contributed by atoms with Gasteiger partial charge < -0.3 is 0 Å². The molecule has 0 bridgehead atoms. The number of nitrogens with zero attached hydrogens (tertiary/aromatic N) is 1. The van der Waals surface area contributed by atoms with Crippen LogP contribution in [0.2, 0.25) is 0 Å². The Morgan fingerprint density at radius 3 is 3.07 bits per heavy atom. The van der Waals surface area contributed by atoms with Gasteiger partial charge in [-0.15, -0.1) is 0 Å². The Morgan fingerprint density at radius 2 is 2.07 bits per heavy atom. The van der Waals surface area contributed by atoms with Crippen LogP contribution in [0.4, 0.5) is 0 Å². The molecule has 3 rings (SSSR count). The molecule has 1 aromatic carbocycles. The zero-order chi connectivity index (χ0) is 9.38. The average molecular weight is 181 g/mol. The van der Waals surface area contributed by atoms with Crippen molar-refractivity contribution in [3.05, 3.63) is 59.7 Å². The molecule has 0 amide bonds. The van der Waals surface area contributed by atoms with E-state index >= 15 is 0 Å². The molecule has 14 heavy (non-hydrogen) atoms. The van der Waals surface area contributed by atoms with E-state index < -0.39 is 0 Å². The normalized spacial score (nSPS) is 22.6. The summed E-state index contributed by atoms with van der Waals surface area (Å²) in [5, 5.41) is 0. The summed E-state index contributed by atoms with van der Waals surface area (Å²) >= 11 is 0. The highest BCUT2D eigenvalue weighted by Gasteiger charge is 2.21. The Kier molecular flexibility index (Phi) is 1.63. The van der Waals surface area contributed by atoms with Crippen LogP contribution in [0, 0.1) is 0 Å². The van der Waals surface area contributed by atoms with E-state index in [0.29, 0.717) is 5.92 Å². The number of benzene rings is 1. The Labute approximate surface area is 83.5 Å². The number of fused-ring (bicyclic) bond motifs is 3. The minimum absolute atomic E-state index is 0.393. The van der Waals surface area contributed by atoms with Gasteiger partial charge in [-0.3, -0.25) is 4.99 Å². The van der Waals surface area contributed by atoms with E-state index in [9.17, 15) is 0 Å². The molecule has 1 aliphatic heterocycles. The van der Waals surface area contributed by atoms with Gasteiger partial charge in [-0.1, -0.05) is 42.5 Å². The number of allylic oxidation sites excluding steroid dienone is 4. The molecular formula is C13H11N. The van der Waals surface area contributed by atoms with Gasteiger partial charge in [-0.25, -0.2) is 0 Å². The molecule has 68 valence electrons. The lowest BCUT2D eigenvalue weighted by molar-refractivity contribution is 0.941. The lowest BCUT2D eigenvalue weighted by Crippen LogP contribution is -2.16. The summed E-state index contributed by atoms with van der Waals surface area (Å²) < 4.78 is 0. The number of aliphatic imine (C=N–C) groups is 1. The standard InChI is InChI=1S/C13H11N/c1-2-6-11-10(5-1)9-14-13-8-4-3-7-12(11)13/h1-8,12H,9H2. The Hall–Kier alpha value is -1.63. The third-order valence-electron chi connectivity index (χ3n) is 2.82. The molecule has 0 N–H and O–H groups in total. The summed E-state index contributed by atoms with van der Waals surface area (Å²) in [6.45, 7) is 0.834. The minimum atomic E-state index is 0.393. The van der Waals surface area contributed by atoms with Crippen LogP contribution in [0.1, 0.15) is 17.0 Å². The molecule has 1 nitrogen and oxygen atoms in total. The monoisotopic (exact) mass is 181 g/mol. The molecule has 0 aromatic heterocycles. The van der Waals surface area contributed by atoms with Crippen LogP contribution in [-0.2, 0) is 6.54 Å². The molecule has 0 saturated carbocycles. The van der Waals surface area contributed by atoms with Crippen LogP contribution in [-0.4, -0.2) is 5.71 Å². The van der Waals surface area contributed by atoms with Gasteiger partial charge in [0.15, 0.2) is 0 Å². The molecular weight excluding hydrogens is 170 g/mol. The molecule has 0 spiro atoms. The van der Waals surface area contributed by atoms with Crippen molar-refractivity contribution < 1.29 is 0 Å². The van der Waals surface area contributed by atoms with Crippen LogP contribution in [0.25, 0.3) is 0 Å². The Bertz CT molecular complexity index is 452. The topological polar surface area (TPSA) is 12.4 Å². The maximum Gasteiger partial charge on any atom is 0.0646 e. The molecule has 1 atom stereocenters. The Balaban J connectivity index is 2.15. The van der Waals surface area contributed by atoms with E-state index in [-0.39, 0.29) is 0 Å². The maximum absolute atomic E-state index is 4.57. The smallest absolute Gasteiger partial charge is 0.0646 e. The van der Waals surface area contributed by atoms with Gasteiger partial charge in [0, 0.05) is 11.6 Å². The van der Waals surface area contributed by atoms with E-state index in [2.05, 4.69) is 53.6 Å². The predicted molar refractivity (Wildman–Crippen MR) is 58.6 cm³/mol. The lowest BCUT2D eigenvalue weighted by atomic mass is 9.85. The molecule has 0 fully saturated rings. The quantitative estimate of drug-likeness (QED) is 0.583. The highest BCUT2D eigenvalue weighted by atomic mass is 14.8. The highest BCUT2D eigenvalue weighted by Crippen LogP contribution is 2.30. The van der Waals surface area contributed by atoms with E-state index in [0.717, 1.165) is 6.54 Å². The van der Waals surface area contributed by atoms with Gasteiger partial charge in [-0.05, 0) is 17.2 Å². The fourth-order valence-electron chi connectivity index (χ4n) is 2.10. The van der Waals surface area contributed by atoms with Crippen molar-refractivity contribution in [1.82, 2.24) is 0 Å². The number of hydrogen-bond donors (Lipinski definition) is 0. The summed E-state index contributed by atoms with van der Waals surface area (Å²) in [5.41, 5.74) is 3.98. The van der Waals surface area contributed by atoms with E-state index in [1.165, 1.54) is 16.8 Å². The summed E-state index contributed by atoms with van der Waals surface area (Å²) in [5.74, 6) is 0.393. The zero-order valence-electron chi connectivity index (χ0n) is 7.85. The number of rotatable bonds is 0. The van der Waals surface area contributed by atoms with E-state index in [4.69, 9.17) is 0 Å². The maximum atomic E-state index is 4.57. The van der Waals surface area contributed by atoms with Crippen LogP contribution in [0.15, 0.2) is 53.6 Å². The Morgan fingerprint density at radius 1 is 1.14 bits per heavy atom. The van der Waals surface area contributed by atoms with Gasteiger partial charge >= 0.3 is 0 Å². The summed E-state index contributed by atoms with van der Waals surface area (Å²) in [4.78, 5) is 4.57. The fourth-order valence-corrected chi connectivity index (χ4v) is 2.10. The molecule has 1 heterocycles. The van der Waals surface area contributed by atoms with Gasteiger partial charge in [0.05, 0.1) is 6.54 Å². The van der Waals surface area contributed by atoms with Gasteiger partial charge in [0.1, 0.15) is 0 Å². The predicted octanol–water partition coefficient (Wildman–Crippen LogP) is 2.85. The third kappa shape index (κ3) is 1.06. The van der Waals surface area contributed by atoms with Crippen molar-refractivity contribution >= 4 is 5.71 Å². The second kappa shape index (κ2) is 2.95. The van der Waals surface area contributed by atoms with Gasteiger partial charge in [-0.2, -0.15) is 0 Å². The van der Waals surface area contributed by atoms with Crippen LogP contribution in [0.5, 0.6) is 0 Å². The van der Waals surface area contributed by atoms with Crippen molar-refractivity contribution in [3.8, 4) is 0 Å². The fraction of sp³-hybridized carbons (Fsp3) is 0.154. The highest BCUT2D eigenvalue weighted by molar-refractivity contribution is 6.03. The first-order valence-electron chi connectivity index (χ1n) is 4.92. The van der Waals surface area contributed by atoms with E-state index in [1.807, 2.05) is 0 Å². The zero-order valence-corrected chi connectivity index (χ0v) is 7.85. The molecule has 0 radical (unpaired) electrons. The van der Waals surface area contributed by atoms with Crippen LogP contribution < -0.4 is 0 Å². The first-order valence-corrected chi connectivity index (χ1v) is 4.92. The van der Waals surface area contributed by atoms with Crippen molar-refractivity contribution in [2.75, 3.05) is 0 Å². The van der Waals surface area contributed by atoms with Crippen LogP contribution >= 0.6 is 0 Å². The van der Waals surface area contributed by atoms with Gasteiger partial charge in [0.2, 0.25) is 0 Å². The van der Waals surface area contributed by atoms with Crippen molar-refractivity contribution in [1.29, 1.82) is 0 Å². The largest absolute Gasteiger partial charge is 0.284 e. The molecule has 0 saturated heterocycles. The van der Waals surface area contributed by atoms with Crippen molar-refractivity contribution in [2.45, 2.75) is 12.5 Å². The SMILES string of the molecule is C1=CC2=NCc3ccccc3C2C=C1. The van der Waals surface area contributed by atoms with E-state index in [1.54, 1.807) is 0 Å². The number of hydrogen-bond acceptors (Lipinski definition) is 1. The first kappa shape index (κ1) is 7.74. The second-order valence-corrected chi connectivity index (χ2v) is 3.66. The minimum Gasteiger partial charge on any atom is -0.284 e. The molecule has 1 aliphatic carbocycles.